The Balaban J connectivity index is 1.75. The highest BCUT2D eigenvalue weighted by molar-refractivity contribution is 6.33. The molecule has 0 radical (unpaired) electrons. The van der Waals surface area contributed by atoms with Gasteiger partial charge in [0.25, 0.3) is 0 Å². The molecule has 0 saturated heterocycles. The SMILES string of the molecule is COC(=O)c1ccc(Cl)c(NC(=O)N2CCc3ccccc3C2)c1. The molecule has 0 saturated carbocycles. The molecule has 0 aromatic heterocycles. The Labute approximate surface area is 145 Å². The van der Waals surface area contributed by atoms with Crippen LogP contribution >= 0.6 is 11.6 Å². The van der Waals surface area contributed by atoms with E-state index in [1.807, 2.05) is 18.2 Å². The minimum Gasteiger partial charge on any atom is -0.465 e. The van der Waals surface area contributed by atoms with E-state index in [1.54, 1.807) is 17.0 Å². The van der Waals surface area contributed by atoms with Gasteiger partial charge in [-0.3, -0.25) is 0 Å². The molecule has 0 bridgehead atoms. The summed E-state index contributed by atoms with van der Waals surface area (Å²) in [5.74, 6) is -0.478. The number of amides is 2. The number of urea groups is 1. The van der Waals surface area contributed by atoms with E-state index in [1.165, 1.54) is 18.7 Å². The average molecular weight is 345 g/mol. The molecule has 1 N–H and O–H groups in total. The van der Waals surface area contributed by atoms with Crippen LogP contribution in [0.3, 0.4) is 0 Å². The van der Waals surface area contributed by atoms with Gasteiger partial charge in [0.15, 0.2) is 0 Å². The number of nitrogens with one attached hydrogen (secondary N) is 1. The Hall–Kier alpha value is -2.53. The first-order valence-electron chi connectivity index (χ1n) is 7.59. The summed E-state index contributed by atoms with van der Waals surface area (Å²) >= 11 is 6.12. The molecule has 2 aromatic rings. The number of halogens is 1. The Kier molecular flexibility index (Phi) is 4.71. The second-order valence-electron chi connectivity index (χ2n) is 5.56. The average Bonchev–Trinajstić information content (AvgIpc) is 2.62. The van der Waals surface area contributed by atoms with Gasteiger partial charge < -0.3 is 15.0 Å². The molecule has 24 heavy (non-hydrogen) atoms. The fourth-order valence-electron chi connectivity index (χ4n) is 2.73. The second-order valence-corrected chi connectivity index (χ2v) is 5.96. The van der Waals surface area contributed by atoms with Crippen molar-refractivity contribution in [2.45, 2.75) is 13.0 Å². The van der Waals surface area contributed by atoms with Gasteiger partial charge in [0, 0.05) is 13.1 Å². The lowest BCUT2D eigenvalue weighted by Gasteiger charge is -2.29. The van der Waals surface area contributed by atoms with Crippen LogP contribution in [0.25, 0.3) is 0 Å². The van der Waals surface area contributed by atoms with Crippen LogP contribution in [0, 0.1) is 0 Å². The third-order valence-electron chi connectivity index (χ3n) is 4.05. The normalized spacial score (nSPS) is 13.2. The van der Waals surface area contributed by atoms with Gasteiger partial charge in [-0.05, 0) is 35.7 Å². The van der Waals surface area contributed by atoms with Gasteiger partial charge >= 0.3 is 12.0 Å². The zero-order valence-corrected chi connectivity index (χ0v) is 14.0. The maximum absolute atomic E-state index is 12.5. The molecular weight excluding hydrogens is 328 g/mol. The summed E-state index contributed by atoms with van der Waals surface area (Å²) in [4.78, 5) is 25.9. The highest BCUT2D eigenvalue weighted by Gasteiger charge is 2.21. The molecule has 1 aliphatic heterocycles. The maximum Gasteiger partial charge on any atom is 0.337 e. The maximum atomic E-state index is 12.5. The summed E-state index contributed by atoms with van der Waals surface area (Å²) in [6, 6.07) is 12.5. The molecule has 5 nitrogen and oxygen atoms in total. The second kappa shape index (κ2) is 6.93. The third kappa shape index (κ3) is 3.36. The fourth-order valence-corrected chi connectivity index (χ4v) is 2.89. The first kappa shape index (κ1) is 16.3. The van der Waals surface area contributed by atoms with Crippen molar-refractivity contribution < 1.29 is 14.3 Å². The first-order chi connectivity index (χ1) is 11.6. The zero-order chi connectivity index (χ0) is 17.1. The lowest BCUT2D eigenvalue weighted by atomic mass is 10.0. The third-order valence-corrected chi connectivity index (χ3v) is 4.38. The number of benzene rings is 2. The van der Waals surface area contributed by atoms with Crippen molar-refractivity contribution >= 4 is 29.3 Å². The number of esters is 1. The molecule has 1 heterocycles. The number of carbonyl (C=O) groups excluding carboxylic acids is 2. The smallest absolute Gasteiger partial charge is 0.337 e. The highest BCUT2D eigenvalue weighted by Crippen LogP contribution is 2.25. The van der Waals surface area contributed by atoms with E-state index >= 15 is 0 Å². The molecule has 0 unspecified atom stereocenters. The number of anilines is 1. The topological polar surface area (TPSA) is 58.6 Å². The predicted octanol–water partition coefficient (Wildman–Crippen LogP) is 3.72. The number of nitrogens with zero attached hydrogens (tertiary/aromatic N) is 1. The predicted molar refractivity (Wildman–Crippen MR) is 92.4 cm³/mol. The molecule has 2 amide bonds. The van der Waals surface area contributed by atoms with Crippen molar-refractivity contribution in [2.24, 2.45) is 0 Å². The Bertz CT molecular complexity index is 792. The van der Waals surface area contributed by atoms with Crippen LogP contribution in [-0.2, 0) is 17.7 Å². The van der Waals surface area contributed by atoms with Crippen LogP contribution < -0.4 is 5.32 Å². The Morgan fingerprint density at radius 2 is 1.92 bits per heavy atom. The van der Waals surface area contributed by atoms with E-state index in [4.69, 9.17) is 11.6 Å². The van der Waals surface area contributed by atoms with E-state index in [-0.39, 0.29) is 6.03 Å². The van der Waals surface area contributed by atoms with Crippen molar-refractivity contribution in [2.75, 3.05) is 19.0 Å². The molecule has 3 rings (SSSR count). The summed E-state index contributed by atoms with van der Waals surface area (Å²) in [6.07, 6.45) is 0.819. The van der Waals surface area contributed by atoms with E-state index in [0.717, 1.165) is 12.0 Å². The van der Waals surface area contributed by atoms with Gasteiger partial charge in [-0.15, -0.1) is 0 Å². The summed E-state index contributed by atoms with van der Waals surface area (Å²) < 4.78 is 4.69. The van der Waals surface area contributed by atoms with Crippen LogP contribution in [0.4, 0.5) is 10.5 Å². The van der Waals surface area contributed by atoms with Gasteiger partial charge in [0.05, 0.1) is 23.4 Å². The van der Waals surface area contributed by atoms with E-state index in [0.29, 0.717) is 29.4 Å². The van der Waals surface area contributed by atoms with Crippen LogP contribution in [0.1, 0.15) is 21.5 Å². The summed E-state index contributed by atoms with van der Waals surface area (Å²) in [5.41, 5.74) is 3.14. The number of rotatable bonds is 2. The highest BCUT2D eigenvalue weighted by atomic mass is 35.5. The number of carbonyl (C=O) groups is 2. The molecule has 0 atom stereocenters. The summed E-state index contributed by atoms with van der Waals surface area (Å²) in [5, 5.41) is 3.15. The lowest BCUT2D eigenvalue weighted by molar-refractivity contribution is 0.0600. The van der Waals surface area contributed by atoms with Crippen molar-refractivity contribution in [1.82, 2.24) is 4.90 Å². The monoisotopic (exact) mass is 344 g/mol. The summed E-state index contributed by atoms with van der Waals surface area (Å²) in [6.45, 7) is 1.19. The van der Waals surface area contributed by atoms with Gasteiger partial charge in [-0.25, -0.2) is 9.59 Å². The molecule has 124 valence electrons. The number of hydrogen-bond acceptors (Lipinski definition) is 3. The minimum absolute atomic E-state index is 0.242. The van der Waals surface area contributed by atoms with Gasteiger partial charge in [0.2, 0.25) is 0 Å². The van der Waals surface area contributed by atoms with Crippen LogP contribution in [0.5, 0.6) is 0 Å². The number of fused-ring (bicyclic) bond motifs is 1. The number of ether oxygens (including phenoxy) is 1. The largest absolute Gasteiger partial charge is 0.465 e. The molecule has 0 fully saturated rings. The fraction of sp³-hybridized carbons (Fsp3) is 0.222. The summed E-state index contributed by atoms with van der Waals surface area (Å²) in [7, 11) is 1.31. The Morgan fingerprint density at radius 3 is 2.67 bits per heavy atom. The quantitative estimate of drug-likeness (QED) is 0.845. The minimum atomic E-state index is -0.478. The van der Waals surface area contributed by atoms with Crippen molar-refractivity contribution in [1.29, 1.82) is 0 Å². The van der Waals surface area contributed by atoms with Crippen molar-refractivity contribution in [3.63, 3.8) is 0 Å². The van der Waals surface area contributed by atoms with E-state index in [9.17, 15) is 9.59 Å². The molecule has 1 aliphatic rings. The van der Waals surface area contributed by atoms with Crippen LogP contribution in [0.2, 0.25) is 5.02 Å². The first-order valence-corrected chi connectivity index (χ1v) is 7.97. The molecule has 0 spiro atoms. The molecular formula is C18H17ClN2O3. The van der Waals surface area contributed by atoms with Gasteiger partial charge in [0.1, 0.15) is 0 Å². The Morgan fingerprint density at radius 1 is 1.17 bits per heavy atom. The molecule has 6 heteroatoms. The number of hydrogen-bond donors (Lipinski definition) is 1. The standard InChI is InChI=1S/C18H17ClN2O3/c1-24-17(22)13-6-7-15(19)16(10-13)20-18(23)21-9-8-12-4-2-3-5-14(12)11-21/h2-7,10H,8-9,11H2,1H3,(H,20,23). The number of methoxy groups -OCH3 is 1. The lowest BCUT2D eigenvalue weighted by Crippen LogP contribution is -2.38. The van der Waals surface area contributed by atoms with E-state index < -0.39 is 5.97 Å². The van der Waals surface area contributed by atoms with Gasteiger partial charge in [-0.1, -0.05) is 35.9 Å². The molecule has 0 aliphatic carbocycles. The molecule has 2 aromatic carbocycles. The van der Waals surface area contributed by atoms with Crippen molar-refractivity contribution in [3.05, 3.63) is 64.2 Å². The van der Waals surface area contributed by atoms with Crippen LogP contribution in [-0.4, -0.2) is 30.6 Å². The van der Waals surface area contributed by atoms with Gasteiger partial charge in [-0.2, -0.15) is 0 Å². The van der Waals surface area contributed by atoms with Crippen LogP contribution in [0.15, 0.2) is 42.5 Å². The van der Waals surface area contributed by atoms with Crippen molar-refractivity contribution in [3.8, 4) is 0 Å². The van der Waals surface area contributed by atoms with E-state index in [2.05, 4.69) is 16.1 Å². The zero-order valence-electron chi connectivity index (χ0n) is 13.2.